The molecule has 0 saturated heterocycles. The number of rotatable bonds is 0. The average molecular weight is 1120 g/mol. The fraction of sp³-hybridized carbons (Fsp3) is 0.125. The third-order valence-corrected chi connectivity index (χ3v) is 10.9. The average Bonchev–Trinajstić information content (AvgIpc) is 3.35. The van der Waals surface area contributed by atoms with Gasteiger partial charge in [0, 0.05) is 68.2 Å². The summed E-state index contributed by atoms with van der Waals surface area (Å²) in [4.78, 5) is 76.8. The molecule has 0 aliphatic carbocycles. The Bertz CT molecular complexity index is 2560. The smallest absolute Gasteiger partial charge is 0.273 e. The molecule has 0 atom stereocenters. The van der Waals surface area contributed by atoms with Gasteiger partial charge in [0.25, 0.3) is 0 Å². The molecule has 0 spiro atoms. The highest BCUT2D eigenvalue weighted by atomic mass is 19.4. The van der Waals surface area contributed by atoms with E-state index < -0.39 is 141 Å². The van der Waals surface area contributed by atoms with Gasteiger partial charge in [-0.05, 0) is 146 Å². The Morgan fingerprint density at radius 1 is 0.179 bits per heavy atom. The second-order valence-corrected chi connectivity index (χ2v) is 15.9. The van der Waals surface area contributed by atoms with E-state index in [1.807, 2.05) is 0 Å². The van der Waals surface area contributed by atoms with Crippen LogP contribution in [-0.2, 0) is 28.8 Å². The number of carbonyl (C=O) groups is 6. The zero-order chi connectivity index (χ0) is 57.8. The Kier molecular flexibility index (Phi) is 14.6. The lowest BCUT2D eigenvalue weighted by molar-refractivity contribution is -0.169. The van der Waals surface area contributed by atoms with Crippen LogP contribution in [0.25, 0.3) is 0 Å². The van der Waals surface area contributed by atoms with Gasteiger partial charge in [0.2, 0.25) is 0 Å². The van der Waals surface area contributed by atoms with Crippen LogP contribution in [0.5, 0.6) is 0 Å². The fourth-order valence-electron chi connectivity index (χ4n) is 7.57. The van der Waals surface area contributed by atoms with Crippen LogP contribution in [0.4, 0.5) is 147 Å². The summed E-state index contributed by atoms with van der Waals surface area (Å²) >= 11 is 0. The molecule has 6 amide bonds. The van der Waals surface area contributed by atoms with Crippen LogP contribution in [0.15, 0.2) is 146 Å². The maximum absolute atomic E-state index is 14.2. The Morgan fingerprint density at radius 2 is 0.244 bits per heavy atom. The molecule has 0 unspecified atom stereocenters. The molecule has 0 N–H and O–H groups in total. The fourth-order valence-corrected chi connectivity index (χ4v) is 7.57. The lowest BCUT2D eigenvalue weighted by Crippen LogP contribution is -2.39. The Balaban J connectivity index is 1.48. The van der Waals surface area contributed by atoms with E-state index in [9.17, 15) is 108 Å². The number of hydrogen-bond acceptors (Lipinski definition) is 6. The van der Waals surface area contributed by atoms with Gasteiger partial charge in [-0.15, -0.1) is 0 Å². The number of benzene rings is 6. The van der Waals surface area contributed by atoms with Gasteiger partial charge in [-0.2, -0.15) is 79.0 Å². The number of nitrogens with zero attached hydrogens (tertiary/aromatic N) is 6. The SMILES string of the molecule is O=C(N1c2ccc(cc2)N(C(=O)C(F)(F)F)c2ccc(cc2)N(C(=O)C(F)(F)F)c2ccc(cc2)N(C(=O)C(F)(F)F)c2ccc(cc2)N(C(=O)C(F)(F)F)c2ccc(cc2)N(C(=O)C(F)(F)F)c2ccc1cc2)C(F)(F)F. The van der Waals surface area contributed by atoms with Crippen molar-refractivity contribution in [1.82, 2.24) is 0 Å². The summed E-state index contributed by atoms with van der Waals surface area (Å²) in [5.74, 6) is -16.4. The van der Waals surface area contributed by atoms with Gasteiger partial charge in [-0.25, -0.2) is 0 Å². The van der Waals surface area contributed by atoms with Gasteiger partial charge in [0.15, 0.2) is 0 Å². The molecule has 12 bridgehead atoms. The highest BCUT2D eigenvalue weighted by Gasteiger charge is 2.49. The summed E-state index contributed by atoms with van der Waals surface area (Å²) in [5, 5.41) is 0. The van der Waals surface area contributed by atoms with Gasteiger partial charge in [-0.1, -0.05) is 0 Å². The summed E-state index contributed by atoms with van der Waals surface area (Å²) in [5.41, 5.74) is -10.2. The van der Waals surface area contributed by atoms with Crippen molar-refractivity contribution in [3.8, 4) is 0 Å². The van der Waals surface area contributed by atoms with Gasteiger partial charge >= 0.3 is 72.5 Å². The van der Waals surface area contributed by atoms with Crippen molar-refractivity contribution in [2.45, 2.75) is 37.1 Å². The van der Waals surface area contributed by atoms with Crippen molar-refractivity contribution >= 4 is 104 Å². The van der Waals surface area contributed by atoms with Gasteiger partial charge < -0.3 is 0 Å². The number of anilines is 12. The molecule has 0 aromatic heterocycles. The summed E-state index contributed by atoms with van der Waals surface area (Å²) < 4.78 is 255. The number of halogens is 18. The Hall–Kier alpha value is -9.12. The molecule has 10 aliphatic rings. The van der Waals surface area contributed by atoms with Crippen LogP contribution in [0.3, 0.4) is 0 Å². The van der Waals surface area contributed by atoms with Crippen LogP contribution >= 0.6 is 0 Å². The zero-order valence-electron chi connectivity index (χ0n) is 37.8. The molecule has 6 aromatic rings. The molecular formula is C48H24F18N6O6. The van der Waals surface area contributed by atoms with Gasteiger partial charge in [-0.3, -0.25) is 58.2 Å². The van der Waals surface area contributed by atoms with E-state index in [4.69, 9.17) is 0 Å². The van der Waals surface area contributed by atoms with E-state index in [0.717, 1.165) is 0 Å². The van der Waals surface area contributed by atoms with Crippen molar-refractivity contribution in [3.05, 3.63) is 146 Å². The van der Waals surface area contributed by atoms with Crippen molar-refractivity contribution < 1.29 is 108 Å². The summed E-state index contributed by atoms with van der Waals surface area (Å²) in [7, 11) is 0. The Morgan fingerprint density at radius 3 is 0.295 bits per heavy atom. The normalized spacial score (nSPS) is 13.9. The molecule has 78 heavy (non-hydrogen) atoms. The minimum atomic E-state index is -5.78. The third-order valence-electron chi connectivity index (χ3n) is 10.9. The lowest BCUT2D eigenvalue weighted by Gasteiger charge is -2.29. The molecule has 10 heterocycles. The molecule has 0 saturated carbocycles. The topological polar surface area (TPSA) is 122 Å². The second-order valence-electron chi connectivity index (χ2n) is 15.9. The second kappa shape index (κ2) is 20.1. The zero-order valence-corrected chi connectivity index (χ0v) is 37.8. The van der Waals surface area contributed by atoms with Crippen LogP contribution in [-0.4, -0.2) is 72.5 Å². The van der Waals surface area contributed by atoms with Crippen molar-refractivity contribution in [3.63, 3.8) is 0 Å². The summed E-state index contributed by atoms with van der Waals surface area (Å²) in [6, 6.07) is 13.2. The minimum Gasteiger partial charge on any atom is -0.273 e. The first kappa shape index (κ1) is 56.6. The highest BCUT2D eigenvalue weighted by Crippen LogP contribution is 2.43. The van der Waals surface area contributed by atoms with Gasteiger partial charge in [0.05, 0.1) is 0 Å². The van der Waals surface area contributed by atoms with Crippen molar-refractivity contribution in [2.75, 3.05) is 29.4 Å². The molecular weight excluding hydrogens is 1100 g/mol. The molecule has 0 radical (unpaired) electrons. The molecule has 6 aromatic carbocycles. The standard InChI is InChI=1S/C48H24F18N6O6/c49-43(50,51)37(73)67-25-1-2-26(4-3-25)68(38(74)44(52,53)54)28-9-11-30(12-10-28)70(40(76)46(58,59)60)32-17-19-34(20-18-32)72(42(78)48(64,65)66)36-23-21-35(22-24-36)71(41(77)47(61,62)63)33-15-13-31(14-16-33)69(39(75)45(55,56)57)29-7-5-27(67)6-8-29/h1-24H. The van der Waals surface area contributed by atoms with E-state index in [2.05, 4.69) is 0 Å². The van der Waals surface area contributed by atoms with E-state index in [1.54, 1.807) is 0 Å². The van der Waals surface area contributed by atoms with Crippen molar-refractivity contribution in [1.29, 1.82) is 0 Å². The first-order valence-corrected chi connectivity index (χ1v) is 21.1. The molecule has 30 heteroatoms. The van der Waals surface area contributed by atoms with E-state index in [0.29, 0.717) is 146 Å². The predicted molar refractivity (Wildman–Crippen MR) is 238 cm³/mol. The maximum atomic E-state index is 14.2. The third kappa shape index (κ3) is 11.5. The molecule has 16 rings (SSSR count). The van der Waals surface area contributed by atoms with Crippen LogP contribution in [0.1, 0.15) is 0 Å². The van der Waals surface area contributed by atoms with Crippen LogP contribution in [0.2, 0.25) is 0 Å². The van der Waals surface area contributed by atoms with Crippen molar-refractivity contribution in [2.24, 2.45) is 0 Å². The lowest BCUT2D eigenvalue weighted by atomic mass is 10.1. The molecule has 12 nitrogen and oxygen atoms in total. The van der Waals surface area contributed by atoms with Crippen LogP contribution in [0, 0.1) is 0 Å². The number of alkyl halides is 18. The monoisotopic (exact) mass is 1120 g/mol. The maximum Gasteiger partial charge on any atom is 0.472 e. The number of amides is 6. The van der Waals surface area contributed by atoms with E-state index in [1.165, 1.54) is 0 Å². The quantitative estimate of drug-likeness (QED) is 0.140. The summed E-state index contributed by atoms with van der Waals surface area (Å²) in [6.45, 7) is 0. The van der Waals surface area contributed by atoms with E-state index in [-0.39, 0.29) is 29.4 Å². The molecule has 0 fully saturated rings. The number of hydrogen-bond donors (Lipinski definition) is 0. The molecule has 408 valence electrons. The van der Waals surface area contributed by atoms with Crippen LogP contribution < -0.4 is 29.4 Å². The van der Waals surface area contributed by atoms with Gasteiger partial charge in [0.1, 0.15) is 0 Å². The number of carbonyl (C=O) groups excluding carboxylic acids is 6. The highest BCUT2D eigenvalue weighted by molar-refractivity contribution is 6.10. The largest absolute Gasteiger partial charge is 0.472 e. The summed E-state index contributed by atoms with van der Waals surface area (Å²) in [6.07, 6.45) is -34.7. The first-order chi connectivity index (χ1) is 36.0. The molecule has 10 aliphatic heterocycles. The van der Waals surface area contributed by atoms with E-state index >= 15 is 0 Å². The first-order valence-electron chi connectivity index (χ1n) is 21.1. The minimum absolute atomic E-state index is 0.148. The Labute approximate surface area is 423 Å². The predicted octanol–water partition coefficient (Wildman–Crippen LogP) is 13.4.